The van der Waals surface area contributed by atoms with Crippen LogP contribution >= 0.6 is 15.9 Å². The van der Waals surface area contributed by atoms with Crippen molar-refractivity contribution in [3.05, 3.63) is 63.3 Å². The number of phenols is 1. The third-order valence-corrected chi connectivity index (χ3v) is 4.67. The van der Waals surface area contributed by atoms with Crippen LogP contribution in [0, 0.1) is 18.3 Å². The molecule has 3 aromatic rings. The number of aromatic nitrogens is 1. The largest absolute Gasteiger partial charge is 0.503 e. The van der Waals surface area contributed by atoms with E-state index in [0.717, 1.165) is 10.9 Å². The topological polar surface area (TPSA) is 86.1 Å². The van der Waals surface area contributed by atoms with Gasteiger partial charge in [0.2, 0.25) is 5.78 Å². The van der Waals surface area contributed by atoms with Crippen molar-refractivity contribution in [1.82, 2.24) is 4.98 Å². The summed E-state index contributed by atoms with van der Waals surface area (Å²) in [7, 11) is 1.43. The minimum absolute atomic E-state index is 0.00232. The number of aromatic amines is 1. The van der Waals surface area contributed by atoms with Crippen molar-refractivity contribution in [2.24, 2.45) is 0 Å². The summed E-state index contributed by atoms with van der Waals surface area (Å²) in [5.41, 5.74) is 2.60. The van der Waals surface area contributed by atoms with Gasteiger partial charge in [-0.15, -0.1) is 0 Å². The number of methoxy groups -OCH3 is 1. The zero-order chi connectivity index (χ0) is 18.8. The van der Waals surface area contributed by atoms with E-state index in [9.17, 15) is 15.2 Å². The van der Waals surface area contributed by atoms with Gasteiger partial charge in [-0.1, -0.05) is 18.2 Å². The van der Waals surface area contributed by atoms with Crippen LogP contribution in [0.15, 0.2) is 46.4 Å². The summed E-state index contributed by atoms with van der Waals surface area (Å²) in [6, 6.07) is 12.6. The van der Waals surface area contributed by atoms with Crippen LogP contribution in [-0.4, -0.2) is 23.0 Å². The summed E-state index contributed by atoms with van der Waals surface area (Å²) in [4.78, 5) is 16.1. The normalized spacial score (nSPS) is 11.4. The molecule has 0 saturated carbocycles. The Labute approximate surface area is 158 Å². The lowest BCUT2D eigenvalue weighted by Crippen LogP contribution is -2.03. The molecule has 1 heterocycles. The Hall–Kier alpha value is -3.04. The molecule has 1 aromatic heterocycles. The third kappa shape index (κ3) is 3.09. The first-order valence-corrected chi connectivity index (χ1v) is 8.56. The van der Waals surface area contributed by atoms with Crippen molar-refractivity contribution in [1.29, 1.82) is 5.26 Å². The number of hydrogen-bond donors (Lipinski definition) is 2. The second kappa shape index (κ2) is 7.06. The van der Waals surface area contributed by atoms with Crippen molar-refractivity contribution in [2.45, 2.75) is 6.92 Å². The van der Waals surface area contributed by atoms with Gasteiger partial charge in [0.25, 0.3) is 0 Å². The average molecular weight is 411 g/mol. The van der Waals surface area contributed by atoms with Crippen molar-refractivity contribution >= 4 is 38.7 Å². The Balaban J connectivity index is 2.10. The van der Waals surface area contributed by atoms with Gasteiger partial charge in [0.05, 0.1) is 17.1 Å². The fourth-order valence-corrected chi connectivity index (χ4v) is 3.31. The number of nitrogens with one attached hydrogen (secondary N) is 1. The number of carbonyl (C=O) groups is 1. The maximum absolute atomic E-state index is 13.0. The molecule has 3 rings (SSSR count). The molecule has 6 heteroatoms. The van der Waals surface area contributed by atoms with E-state index >= 15 is 0 Å². The minimum atomic E-state index is -0.356. The van der Waals surface area contributed by atoms with Crippen LogP contribution in [0.5, 0.6) is 11.5 Å². The quantitative estimate of drug-likeness (QED) is 0.369. The van der Waals surface area contributed by atoms with E-state index in [1.807, 2.05) is 37.3 Å². The Morgan fingerprint density at radius 1 is 1.35 bits per heavy atom. The standard InChI is InChI=1S/C20H15BrN2O3/c1-11-18(14-5-3-4-6-16(14)23-11)19(24)13(10-22)7-12-8-15(21)20(25)17(9-12)26-2/h3-9,23,25H,1-2H3/b13-7+. The number of allylic oxidation sites excluding steroid dienone is 1. The first-order valence-electron chi connectivity index (χ1n) is 7.76. The molecule has 0 aliphatic heterocycles. The smallest absolute Gasteiger partial charge is 0.205 e. The molecule has 26 heavy (non-hydrogen) atoms. The van der Waals surface area contributed by atoms with Gasteiger partial charge in [-0.2, -0.15) is 5.26 Å². The van der Waals surface area contributed by atoms with Crippen LogP contribution < -0.4 is 4.74 Å². The molecule has 5 nitrogen and oxygen atoms in total. The monoisotopic (exact) mass is 410 g/mol. The van der Waals surface area contributed by atoms with Gasteiger partial charge in [0, 0.05) is 16.6 Å². The maximum Gasteiger partial charge on any atom is 0.205 e. The molecule has 0 fully saturated rings. The number of nitriles is 1. The first kappa shape index (κ1) is 17.8. The zero-order valence-corrected chi connectivity index (χ0v) is 15.7. The number of phenolic OH excluding ortho intramolecular Hbond substituents is 1. The summed E-state index contributed by atoms with van der Waals surface area (Å²) < 4.78 is 5.52. The molecule has 0 saturated heterocycles. The van der Waals surface area contributed by atoms with Crippen molar-refractivity contribution in [3.63, 3.8) is 0 Å². The molecule has 2 N–H and O–H groups in total. The molecule has 0 amide bonds. The van der Waals surface area contributed by atoms with Gasteiger partial charge in [0.15, 0.2) is 11.5 Å². The second-order valence-electron chi connectivity index (χ2n) is 5.72. The molecule has 0 aliphatic rings. The summed E-state index contributed by atoms with van der Waals surface area (Å²) in [5.74, 6) is -0.147. The number of aryl methyl sites for hydroxylation is 1. The van der Waals surface area contributed by atoms with Crippen LogP contribution in [0.25, 0.3) is 17.0 Å². The second-order valence-corrected chi connectivity index (χ2v) is 6.58. The van der Waals surface area contributed by atoms with Crippen LogP contribution in [-0.2, 0) is 0 Å². The number of ether oxygens (including phenoxy) is 1. The highest BCUT2D eigenvalue weighted by atomic mass is 79.9. The average Bonchev–Trinajstić information content (AvgIpc) is 2.97. The molecule has 0 spiro atoms. The van der Waals surface area contributed by atoms with Gasteiger partial charge in [-0.3, -0.25) is 4.79 Å². The molecular formula is C20H15BrN2O3. The summed E-state index contributed by atoms with van der Waals surface area (Å²) >= 11 is 3.24. The van der Waals surface area contributed by atoms with Crippen molar-refractivity contribution in [2.75, 3.05) is 7.11 Å². The van der Waals surface area contributed by atoms with Crippen LogP contribution in [0.3, 0.4) is 0 Å². The number of nitrogens with zero attached hydrogens (tertiary/aromatic N) is 1. The van der Waals surface area contributed by atoms with Crippen LogP contribution in [0.2, 0.25) is 0 Å². The van der Waals surface area contributed by atoms with E-state index in [4.69, 9.17) is 4.74 Å². The lowest BCUT2D eigenvalue weighted by Gasteiger charge is -2.07. The number of fused-ring (bicyclic) bond motifs is 1. The van der Waals surface area contributed by atoms with Crippen molar-refractivity contribution < 1.29 is 14.6 Å². The van der Waals surface area contributed by atoms with E-state index < -0.39 is 0 Å². The van der Waals surface area contributed by atoms with E-state index in [-0.39, 0.29) is 22.9 Å². The number of benzene rings is 2. The van der Waals surface area contributed by atoms with E-state index in [1.165, 1.54) is 13.2 Å². The highest BCUT2D eigenvalue weighted by Gasteiger charge is 2.20. The Morgan fingerprint density at radius 2 is 2.08 bits per heavy atom. The van der Waals surface area contributed by atoms with Crippen LogP contribution in [0.1, 0.15) is 21.6 Å². The lowest BCUT2D eigenvalue weighted by atomic mass is 9.99. The third-order valence-electron chi connectivity index (χ3n) is 4.07. The Kier molecular flexibility index (Phi) is 4.83. The molecule has 2 aromatic carbocycles. The molecule has 0 atom stereocenters. The van der Waals surface area contributed by atoms with Gasteiger partial charge in [-0.05, 0) is 52.7 Å². The number of aromatic hydroxyl groups is 1. The molecule has 0 bridgehead atoms. The number of rotatable bonds is 4. The summed E-state index contributed by atoms with van der Waals surface area (Å²) in [6.45, 7) is 1.81. The SMILES string of the molecule is COc1cc(/C=C(\C#N)C(=O)c2c(C)[nH]c3ccccc23)cc(Br)c1O. The van der Waals surface area contributed by atoms with E-state index in [0.29, 0.717) is 21.3 Å². The highest BCUT2D eigenvalue weighted by Crippen LogP contribution is 2.36. The number of halogens is 1. The molecular weight excluding hydrogens is 396 g/mol. The summed E-state index contributed by atoms with van der Waals surface area (Å²) in [6.07, 6.45) is 1.48. The number of hydrogen-bond acceptors (Lipinski definition) is 4. The highest BCUT2D eigenvalue weighted by molar-refractivity contribution is 9.10. The summed E-state index contributed by atoms with van der Waals surface area (Å²) in [5, 5.41) is 20.2. The fourth-order valence-electron chi connectivity index (χ4n) is 2.85. The van der Waals surface area contributed by atoms with Gasteiger partial charge < -0.3 is 14.8 Å². The number of para-hydroxylation sites is 1. The minimum Gasteiger partial charge on any atom is -0.503 e. The van der Waals surface area contributed by atoms with Gasteiger partial charge in [0.1, 0.15) is 11.6 Å². The molecule has 0 radical (unpaired) electrons. The Morgan fingerprint density at radius 3 is 2.77 bits per heavy atom. The number of ketones is 1. The van der Waals surface area contributed by atoms with Crippen LogP contribution in [0.4, 0.5) is 0 Å². The van der Waals surface area contributed by atoms with E-state index in [1.54, 1.807) is 12.1 Å². The van der Waals surface area contributed by atoms with Gasteiger partial charge in [-0.25, -0.2) is 0 Å². The number of H-pyrrole nitrogens is 1. The molecule has 0 aliphatic carbocycles. The molecule has 130 valence electrons. The van der Waals surface area contributed by atoms with Crippen molar-refractivity contribution in [3.8, 4) is 17.6 Å². The fraction of sp³-hybridized carbons (Fsp3) is 0.100. The predicted octanol–water partition coefficient (Wildman–Crippen LogP) is 4.74. The predicted molar refractivity (Wildman–Crippen MR) is 103 cm³/mol. The first-order chi connectivity index (χ1) is 12.5. The lowest BCUT2D eigenvalue weighted by molar-refractivity contribution is 0.104. The number of carbonyl (C=O) groups excluding carboxylic acids is 1. The molecule has 0 unspecified atom stereocenters. The van der Waals surface area contributed by atoms with Gasteiger partial charge >= 0.3 is 0 Å². The maximum atomic E-state index is 13.0. The zero-order valence-electron chi connectivity index (χ0n) is 14.1. The number of Topliss-reactive ketones (excluding diaryl/α,β-unsaturated/α-hetero) is 1. The van der Waals surface area contributed by atoms with E-state index in [2.05, 4.69) is 20.9 Å². The Bertz CT molecular complexity index is 1090.